The van der Waals surface area contributed by atoms with Crippen molar-refractivity contribution in [2.75, 3.05) is 26.3 Å². The number of phenolic OH excluding ortho intramolecular Hbond substituents is 1. The zero-order chi connectivity index (χ0) is 13.0. The molecule has 1 aromatic carbocycles. The number of rotatable bonds is 3. The Kier molecular flexibility index (Phi) is 3.99. The fraction of sp³-hybridized carbons (Fsp3) is 0.357. The number of aryl methyl sites for hydroxylation is 1. The zero-order valence-corrected chi connectivity index (χ0v) is 10.4. The van der Waals surface area contributed by atoms with Gasteiger partial charge in [-0.3, -0.25) is 4.79 Å². The average molecular weight is 247 g/mol. The number of phenols is 1. The van der Waals surface area contributed by atoms with E-state index in [0.29, 0.717) is 18.8 Å². The number of nitrogens with zero attached hydrogens (tertiary/aromatic N) is 1. The van der Waals surface area contributed by atoms with Crippen LogP contribution in [0, 0.1) is 6.92 Å². The summed E-state index contributed by atoms with van der Waals surface area (Å²) in [5.41, 5.74) is 1.27. The van der Waals surface area contributed by atoms with Gasteiger partial charge in [-0.25, -0.2) is 0 Å². The Balaban J connectivity index is 2.04. The SMILES string of the molecule is Cc1ccc(C(=O)/C=C/N2CCOCC2)c(O)c1. The molecule has 0 amide bonds. The number of hydrogen-bond acceptors (Lipinski definition) is 4. The van der Waals surface area contributed by atoms with E-state index in [0.717, 1.165) is 18.7 Å². The molecule has 4 heteroatoms. The van der Waals surface area contributed by atoms with Gasteiger partial charge in [0.2, 0.25) is 0 Å². The van der Waals surface area contributed by atoms with Crippen LogP contribution in [-0.2, 0) is 4.74 Å². The number of carbonyl (C=O) groups excluding carboxylic acids is 1. The second kappa shape index (κ2) is 5.69. The summed E-state index contributed by atoms with van der Waals surface area (Å²) in [6.07, 6.45) is 3.26. The lowest BCUT2D eigenvalue weighted by Crippen LogP contribution is -2.32. The molecule has 0 radical (unpaired) electrons. The van der Waals surface area contributed by atoms with Gasteiger partial charge in [-0.05, 0) is 24.6 Å². The van der Waals surface area contributed by atoms with Gasteiger partial charge in [0.25, 0.3) is 0 Å². The molecule has 18 heavy (non-hydrogen) atoms. The van der Waals surface area contributed by atoms with Crippen LogP contribution in [0.15, 0.2) is 30.5 Å². The van der Waals surface area contributed by atoms with Crippen molar-refractivity contribution in [3.63, 3.8) is 0 Å². The highest BCUT2D eigenvalue weighted by atomic mass is 16.5. The Morgan fingerprint density at radius 3 is 2.78 bits per heavy atom. The van der Waals surface area contributed by atoms with Crippen molar-refractivity contribution >= 4 is 5.78 Å². The van der Waals surface area contributed by atoms with Crippen LogP contribution >= 0.6 is 0 Å². The molecule has 0 saturated carbocycles. The second-order valence-electron chi connectivity index (χ2n) is 4.35. The number of morpholine rings is 1. The molecule has 4 nitrogen and oxygen atoms in total. The predicted molar refractivity (Wildman–Crippen MR) is 68.7 cm³/mol. The number of carbonyl (C=O) groups is 1. The van der Waals surface area contributed by atoms with Crippen LogP contribution < -0.4 is 0 Å². The molecule has 1 aromatic rings. The number of ketones is 1. The van der Waals surface area contributed by atoms with E-state index in [9.17, 15) is 9.90 Å². The highest BCUT2D eigenvalue weighted by Crippen LogP contribution is 2.19. The summed E-state index contributed by atoms with van der Waals surface area (Å²) in [4.78, 5) is 13.9. The maximum absolute atomic E-state index is 11.9. The number of hydrogen-bond donors (Lipinski definition) is 1. The highest BCUT2D eigenvalue weighted by molar-refractivity contribution is 6.06. The topological polar surface area (TPSA) is 49.8 Å². The van der Waals surface area contributed by atoms with Crippen LogP contribution in [0.1, 0.15) is 15.9 Å². The maximum atomic E-state index is 11.9. The zero-order valence-electron chi connectivity index (χ0n) is 10.4. The summed E-state index contributed by atoms with van der Waals surface area (Å²) in [6, 6.07) is 5.06. The summed E-state index contributed by atoms with van der Waals surface area (Å²) in [5.74, 6) is -0.148. The molecule has 1 N–H and O–H groups in total. The molecule has 1 aliphatic rings. The highest BCUT2D eigenvalue weighted by Gasteiger charge is 2.10. The Hall–Kier alpha value is -1.81. The van der Waals surface area contributed by atoms with Crippen molar-refractivity contribution < 1.29 is 14.6 Å². The molecule has 1 heterocycles. The van der Waals surface area contributed by atoms with E-state index < -0.39 is 0 Å². The fourth-order valence-electron chi connectivity index (χ4n) is 1.84. The Morgan fingerprint density at radius 1 is 1.39 bits per heavy atom. The van der Waals surface area contributed by atoms with Gasteiger partial charge in [-0.2, -0.15) is 0 Å². The van der Waals surface area contributed by atoms with Crippen LogP contribution in [-0.4, -0.2) is 42.1 Å². The van der Waals surface area contributed by atoms with Crippen LogP contribution in [0.25, 0.3) is 0 Å². The van der Waals surface area contributed by atoms with Gasteiger partial charge in [-0.1, -0.05) is 6.07 Å². The first-order valence-corrected chi connectivity index (χ1v) is 6.01. The normalized spacial score (nSPS) is 16.2. The molecule has 0 unspecified atom stereocenters. The average Bonchev–Trinajstić information content (AvgIpc) is 2.37. The third-order valence-electron chi connectivity index (χ3n) is 2.90. The van der Waals surface area contributed by atoms with Crippen molar-refractivity contribution in [1.82, 2.24) is 4.90 Å². The Bertz CT molecular complexity index is 462. The first-order valence-electron chi connectivity index (χ1n) is 6.01. The molecule has 2 rings (SSSR count). The standard InChI is InChI=1S/C14H17NO3/c1-11-2-3-12(14(17)10-11)13(16)4-5-15-6-8-18-9-7-15/h2-5,10,17H,6-9H2,1H3/b5-4+. The van der Waals surface area contributed by atoms with E-state index in [4.69, 9.17) is 4.74 Å². The van der Waals surface area contributed by atoms with Crippen molar-refractivity contribution in [3.05, 3.63) is 41.6 Å². The lowest BCUT2D eigenvalue weighted by atomic mass is 10.1. The van der Waals surface area contributed by atoms with Crippen LogP contribution in [0.4, 0.5) is 0 Å². The first-order chi connectivity index (χ1) is 8.66. The summed E-state index contributed by atoms with van der Waals surface area (Å²) in [5, 5.41) is 9.71. The monoisotopic (exact) mass is 247 g/mol. The fourth-order valence-corrected chi connectivity index (χ4v) is 1.84. The molecule has 0 aromatic heterocycles. The number of aromatic hydroxyl groups is 1. The van der Waals surface area contributed by atoms with Crippen LogP contribution in [0.5, 0.6) is 5.75 Å². The molecule has 96 valence electrons. The van der Waals surface area contributed by atoms with Crippen molar-refractivity contribution in [2.24, 2.45) is 0 Å². The summed E-state index contributed by atoms with van der Waals surface area (Å²) >= 11 is 0. The smallest absolute Gasteiger partial charge is 0.190 e. The second-order valence-corrected chi connectivity index (χ2v) is 4.35. The molecule has 1 fully saturated rings. The number of allylic oxidation sites excluding steroid dienone is 1. The maximum Gasteiger partial charge on any atom is 0.190 e. The van der Waals surface area contributed by atoms with Crippen molar-refractivity contribution in [3.8, 4) is 5.75 Å². The molecule has 0 bridgehead atoms. The van der Waals surface area contributed by atoms with Gasteiger partial charge in [0.05, 0.1) is 18.8 Å². The molecule has 0 atom stereocenters. The van der Waals surface area contributed by atoms with Crippen molar-refractivity contribution in [2.45, 2.75) is 6.92 Å². The van der Waals surface area contributed by atoms with Gasteiger partial charge in [0.1, 0.15) is 5.75 Å². The van der Waals surface area contributed by atoms with Crippen molar-refractivity contribution in [1.29, 1.82) is 0 Å². The quantitative estimate of drug-likeness (QED) is 0.653. The van der Waals surface area contributed by atoms with E-state index in [2.05, 4.69) is 0 Å². The third-order valence-corrected chi connectivity index (χ3v) is 2.90. The molecule has 0 aliphatic carbocycles. The molecule has 1 aliphatic heterocycles. The summed E-state index contributed by atoms with van der Waals surface area (Å²) in [7, 11) is 0. The minimum absolute atomic E-state index is 0.0339. The molecule has 0 spiro atoms. The van der Waals surface area contributed by atoms with E-state index in [1.807, 2.05) is 17.9 Å². The molecular formula is C14H17NO3. The van der Waals surface area contributed by atoms with E-state index >= 15 is 0 Å². The first kappa shape index (κ1) is 12.6. The van der Waals surface area contributed by atoms with Crippen LogP contribution in [0.2, 0.25) is 0 Å². The minimum atomic E-state index is -0.181. The number of benzene rings is 1. The Labute approximate surface area is 106 Å². The summed E-state index contributed by atoms with van der Waals surface area (Å²) in [6.45, 7) is 4.84. The Morgan fingerprint density at radius 2 is 2.11 bits per heavy atom. The van der Waals surface area contributed by atoms with Gasteiger partial charge in [-0.15, -0.1) is 0 Å². The number of ether oxygens (including phenoxy) is 1. The van der Waals surface area contributed by atoms with E-state index in [-0.39, 0.29) is 11.5 Å². The van der Waals surface area contributed by atoms with Gasteiger partial charge in [0.15, 0.2) is 5.78 Å². The van der Waals surface area contributed by atoms with Crippen LogP contribution in [0.3, 0.4) is 0 Å². The third kappa shape index (κ3) is 3.11. The van der Waals surface area contributed by atoms with E-state index in [1.54, 1.807) is 18.3 Å². The lowest BCUT2D eigenvalue weighted by Gasteiger charge is -2.24. The van der Waals surface area contributed by atoms with Gasteiger partial charge >= 0.3 is 0 Å². The largest absolute Gasteiger partial charge is 0.507 e. The van der Waals surface area contributed by atoms with Gasteiger partial charge in [0, 0.05) is 25.4 Å². The van der Waals surface area contributed by atoms with Gasteiger partial charge < -0.3 is 14.7 Å². The minimum Gasteiger partial charge on any atom is -0.507 e. The van der Waals surface area contributed by atoms with E-state index in [1.165, 1.54) is 6.08 Å². The molecule has 1 saturated heterocycles. The molecular weight excluding hydrogens is 230 g/mol. The lowest BCUT2D eigenvalue weighted by molar-refractivity contribution is 0.0591. The predicted octanol–water partition coefficient (Wildman–Crippen LogP) is 1.73. The summed E-state index contributed by atoms with van der Waals surface area (Å²) < 4.78 is 5.22.